The monoisotopic (exact) mass is 531 g/mol. The number of carbonyl (C=O) groups excluding carboxylic acids is 3. The summed E-state index contributed by atoms with van der Waals surface area (Å²) in [5.41, 5.74) is 1.14. The SMILES string of the molecule is CCCCNC(=O)C(c1ccc(C)cc1)N(C(=O)C(NC(=O)OC(C)(C)C)C(C)CC)C(C)CCC(C)C. The highest BCUT2D eigenvalue weighted by Gasteiger charge is 2.40. The molecule has 1 rings (SSSR count). The molecule has 1 aromatic carbocycles. The van der Waals surface area contributed by atoms with E-state index in [-0.39, 0.29) is 23.8 Å². The second kappa shape index (κ2) is 15.7. The Morgan fingerprint density at radius 1 is 0.974 bits per heavy atom. The molecule has 0 radical (unpaired) electrons. The smallest absolute Gasteiger partial charge is 0.408 e. The Kier molecular flexibility index (Phi) is 13.9. The van der Waals surface area contributed by atoms with Gasteiger partial charge < -0.3 is 20.3 Å². The van der Waals surface area contributed by atoms with Crippen LogP contribution < -0.4 is 10.6 Å². The summed E-state index contributed by atoms with van der Waals surface area (Å²) in [5.74, 6) is -0.169. The van der Waals surface area contributed by atoms with Gasteiger partial charge in [0.15, 0.2) is 0 Å². The van der Waals surface area contributed by atoms with Crippen molar-refractivity contribution in [3.05, 3.63) is 35.4 Å². The van der Waals surface area contributed by atoms with Gasteiger partial charge in [0.05, 0.1) is 0 Å². The number of hydrogen-bond donors (Lipinski definition) is 2. The molecule has 0 aromatic heterocycles. The number of benzene rings is 1. The van der Waals surface area contributed by atoms with Crippen LogP contribution in [-0.2, 0) is 14.3 Å². The van der Waals surface area contributed by atoms with Crippen molar-refractivity contribution in [2.24, 2.45) is 11.8 Å². The van der Waals surface area contributed by atoms with Crippen LogP contribution in [0.1, 0.15) is 112 Å². The highest BCUT2D eigenvalue weighted by molar-refractivity contribution is 5.92. The Labute approximate surface area is 231 Å². The molecular formula is C31H53N3O4. The number of carbonyl (C=O) groups is 3. The zero-order valence-corrected chi connectivity index (χ0v) is 25.5. The van der Waals surface area contributed by atoms with E-state index < -0.39 is 23.8 Å². The molecule has 7 heteroatoms. The van der Waals surface area contributed by atoms with Gasteiger partial charge in [-0.2, -0.15) is 0 Å². The van der Waals surface area contributed by atoms with E-state index in [1.165, 1.54) is 0 Å². The van der Waals surface area contributed by atoms with Crippen LogP contribution in [0.2, 0.25) is 0 Å². The van der Waals surface area contributed by atoms with Gasteiger partial charge in [-0.1, -0.05) is 77.3 Å². The minimum absolute atomic E-state index is 0.156. The van der Waals surface area contributed by atoms with Gasteiger partial charge in [-0.15, -0.1) is 0 Å². The summed E-state index contributed by atoms with van der Waals surface area (Å²) in [4.78, 5) is 42.7. The molecule has 0 fully saturated rings. The maximum Gasteiger partial charge on any atom is 0.408 e. The molecule has 1 aromatic rings. The molecule has 3 amide bonds. The molecule has 0 bridgehead atoms. The zero-order chi connectivity index (χ0) is 29.0. The molecule has 0 saturated carbocycles. The molecular weight excluding hydrogens is 478 g/mol. The minimum atomic E-state index is -0.826. The van der Waals surface area contributed by atoms with E-state index in [1.807, 2.05) is 52.0 Å². The lowest BCUT2D eigenvalue weighted by Crippen LogP contribution is -2.57. The molecule has 2 N–H and O–H groups in total. The van der Waals surface area contributed by atoms with Crippen molar-refractivity contribution in [3.8, 4) is 0 Å². The van der Waals surface area contributed by atoms with Crippen molar-refractivity contribution in [1.82, 2.24) is 15.5 Å². The third-order valence-corrected chi connectivity index (χ3v) is 6.79. The Balaban J connectivity index is 3.59. The number of alkyl carbamates (subject to hydrolysis) is 1. The van der Waals surface area contributed by atoms with E-state index in [9.17, 15) is 14.4 Å². The minimum Gasteiger partial charge on any atom is -0.444 e. The molecule has 0 aliphatic rings. The van der Waals surface area contributed by atoms with E-state index in [4.69, 9.17) is 4.74 Å². The average molecular weight is 532 g/mol. The van der Waals surface area contributed by atoms with Crippen LogP contribution in [0.5, 0.6) is 0 Å². The van der Waals surface area contributed by atoms with Crippen molar-refractivity contribution in [2.45, 2.75) is 125 Å². The molecule has 0 heterocycles. The van der Waals surface area contributed by atoms with Crippen molar-refractivity contribution >= 4 is 17.9 Å². The Hall–Kier alpha value is -2.57. The van der Waals surface area contributed by atoms with Crippen LogP contribution in [-0.4, -0.2) is 47.0 Å². The van der Waals surface area contributed by atoms with Crippen LogP contribution >= 0.6 is 0 Å². The molecule has 4 atom stereocenters. The van der Waals surface area contributed by atoms with Crippen LogP contribution in [0.3, 0.4) is 0 Å². The number of nitrogens with one attached hydrogen (secondary N) is 2. The summed E-state index contributed by atoms with van der Waals surface area (Å²) in [5, 5.41) is 5.91. The lowest BCUT2D eigenvalue weighted by Gasteiger charge is -2.40. The lowest BCUT2D eigenvalue weighted by atomic mass is 9.93. The summed E-state index contributed by atoms with van der Waals surface area (Å²) < 4.78 is 5.50. The van der Waals surface area contributed by atoms with E-state index in [1.54, 1.807) is 25.7 Å². The lowest BCUT2D eigenvalue weighted by molar-refractivity contribution is -0.146. The van der Waals surface area contributed by atoms with E-state index >= 15 is 0 Å². The molecule has 0 aliphatic heterocycles. The first-order valence-corrected chi connectivity index (χ1v) is 14.4. The first kappa shape index (κ1) is 33.5. The molecule has 4 unspecified atom stereocenters. The summed E-state index contributed by atoms with van der Waals surface area (Å²) in [6.45, 7) is 20.2. The number of unbranched alkanes of at least 4 members (excludes halogenated alkanes) is 1. The predicted molar refractivity (Wildman–Crippen MR) is 155 cm³/mol. The van der Waals surface area contributed by atoms with E-state index in [0.717, 1.165) is 36.8 Å². The maximum absolute atomic E-state index is 14.4. The van der Waals surface area contributed by atoms with Crippen molar-refractivity contribution in [3.63, 3.8) is 0 Å². The Bertz CT molecular complexity index is 876. The van der Waals surface area contributed by atoms with Crippen LogP contribution in [0, 0.1) is 18.8 Å². The molecule has 7 nitrogen and oxygen atoms in total. The van der Waals surface area contributed by atoms with Crippen LogP contribution in [0.4, 0.5) is 4.79 Å². The second-order valence-corrected chi connectivity index (χ2v) is 12.0. The standard InChI is InChI=1S/C31H53N3O4/c1-11-13-20-32-28(35)27(25-18-15-22(5)16-19-25)34(24(7)17-14-21(3)4)29(36)26(23(6)12-2)33-30(37)38-31(8,9)10/h15-16,18-19,21,23-24,26-27H,11-14,17,20H2,1-10H3,(H,32,35)(H,33,37). The number of rotatable bonds is 14. The van der Waals surface area contributed by atoms with Gasteiger partial charge in [-0.25, -0.2) is 4.79 Å². The van der Waals surface area contributed by atoms with Gasteiger partial charge in [0, 0.05) is 12.6 Å². The number of nitrogens with zero attached hydrogens (tertiary/aromatic N) is 1. The summed E-state index contributed by atoms with van der Waals surface area (Å²) in [6, 6.07) is 5.92. The quantitative estimate of drug-likeness (QED) is 0.267. The fraction of sp³-hybridized carbons (Fsp3) is 0.710. The fourth-order valence-corrected chi connectivity index (χ4v) is 4.26. The normalized spacial score (nSPS) is 14.8. The first-order valence-electron chi connectivity index (χ1n) is 14.4. The number of ether oxygens (including phenoxy) is 1. The van der Waals surface area contributed by atoms with Gasteiger partial charge in [-0.05, 0) is 71.3 Å². The largest absolute Gasteiger partial charge is 0.444 e. The third kappa shape index (κ3) is 11.0. The highest BCUT2D eigenvalue weighted by atomic mass is 16.6. The van der Waals surface area contributed by atoms with E-state index in [0.29, 0.717) is 18.9 Å². The Morgan fingerprint density at radius 3 is 2.08 bits per heavy atom. The third-order valence-electron chi connectivity index (χ3n) is 6.79. The topological polar surface area (TPSA) is 87.7 Å². The van der Waals surface area contributed by atoms with Gasteiger partial charge in [-0.3, -0.25) is 9.59 Å². The Morgan fingerprint density at radius 2 is 1.58 bits per heavy atom. The van der Waals surface area contributed by atoms with Crippen molar-refractivity contribution < 1.29 is 19.1 Å². The number of aryl methyl sites for hydroxylation is 1. The number of hydrogen-bond acceptors (Lipinski definition) is 4. The molecule has 216 valence electrons. The van der Waals surface area contributed by atoms with Gasteiger partial charge >= 0.3 is 6.09 Å². The predicted octanol–water partition coefficient (Wildman–Crippen LogP) is 6.55. The van der Waals surface area contributed by atoms with Crippen molar-refractivity contribution in [1.29, 1.82) is 0 Å². The fourth-order valence-electron chi connectivity index (χ4n) is 4.26. The molecule has 0 aliphatic carbocycles. The second-order valence-electron chi connectivity index (χ2n) is 12.0. The molecule has 0 spiro atoms. The summed E-state index contributed by atoms with van der Waals surface area (Å²) in [7, 11) is 0. The first-order chi connectivity index (χ1) is 17.7. The summed E-state index contributed by atoms with van der Waals surface area (Å²) >= 11 is 0. The van der Waals surface area contributed by atoms with Gasteiger partial charge in [0.2, 0.25) is 11.8 Å². The maximum atomic E-state index is 14.4. The highest BCUT2D eigenvalue weighted by Crippen LogP contribution is 2.29. The molecule has 0 saturated heterocycles. The van der Waals surface area contributed by atoms with Gasteiger partial charge in [0.1, 0.15) is 17.7 Å². The van der Waals surface area contributed by atoms with Crippen molar-refractivity contribution in [2.75, 3.05) is 6.54 Å². The molecule has 38 heavy (non-hydrogen) atoms. The summed E-state index contributed by atoms with van der Waals surface area (Å²) in [6.07, 6.45) is 3.52. The van der Waals surface area contributed by atoms with Crippen LogP contribution in [0.15, 0.2) is 24.3 Å². The van der Waals surface area contributed by atoms with Crippen LogP contribution in [0.25, 0.3) is 0 Å². The van der Waals surface area contributed by atoms with E-state index in [2.05, 4.69) is 31.4 Å². The zero-order valence-electron chi connectivity index (χ0n) is 25.5. The number of amides is 3. The average Bonchev–Trinajstić information content (AvgIpc) is 2.83. The van der Waals surface area contributed by atoms with Gasteiger partial charge in [0.25, 0.3) is 0 Å².